The van der Waals surface area contributed by atoms with E-state index in [0.717, 1.165) is 7.11 Å². The molecule has 0 aromatic heterocycles. The Labute approximate surface area is 166 Å². The number of methoxy groups -OCH3 is 1. The number of rotatable bonds is 3. The first-order valence-corrected chi connectivity index (χ1v) is 8.58. The summed E-state index contributed by atoms with van der Waals surface area (Å²) in [5.74, 6) is -0.977. The number of nitrogens with one attached hydrogen (secondary N) is 1. The maximum atomic E-state index is 11.6. The fourth-order valence-electron chi connectivity index (χ4n) is 2.51. The molecule has 0 bridgehead atoms. The Morgan fingerprint density at radius 2 is 1.93 bits per heavy atom. The summed E-state index contributed by atoms with van der Waals surface area (Å²) in [5, 5.41) is 22.4. The molecule has 1 aliphatic heterocycles. The summed E-state index contributed by atoms with van der Waals surface area (Å²) in [6.45, 7) is 5.12. The number of dihydropyridines is 1. The van der Waals surface area contributed by atoms with Crippen LogP contribution in [-0.4, -0.2) is 29.9 Å². The van der Waals surface area contributed by atoms with Crippen molar-refractivity contribution in [2.75, 3.05) is 13.7 Å². The fraction of sp³-hybridized carbons (Fsp3) is 0.353. The van der Waals surface area contributed by atoms with E-state index in [2.05, 4.69) is 10.1 Å². The molecule has 27 heavy (non-hydrogen) atoms. The Morgan fingerprint density at radius 3 is 2.44 bits per heavy atom. The van der Waals surface area contributed by atoms with E-state index in [-0.39, 0.29) is 28.1 Å². The second-order valence-corrected chi connectivity index (χ2v) is 6.12. The average Bonchev–Trinajstić information content (AvgIpc) is 2.59. The third-order valence-corrected chi connectivity index (χ3v) is 4.35. The number of nitro groups is 1. The van der Waals surface area contributed by atoms with E-state index < -0.39 is 17.0 Å². The van der Waals surface area contributed by atoms with Crippen molar-refractivity contribution in [3.8, 4) is 0 Å². The van der Waals surface area contributed by atoms with Gasteiger partial charge in [0.05, 0.1) is 33.5 Å². The van der Waals surface area contributed by atoms with Gasteiger partial charge in [-0.1, -0.05) is 35.3 Å². The van der Waals surface area contributed by atoms with Gasteiger partial charge in [0.2, 0.25) is 0 Å². The summed E-state index contributed by atoms with van der Waals surface area (Å²) in [6, 6.07) is 4.77. The first kappa shape index (κ1) is 22.8. The lowest BCUT2D eigenvalue weighted by atomic mass is 9.89. The van der Waals surface area contributed by atoms with Crippen LogP contribution in [0, 0.1) is 10.1 Å². The third kappa shape index (κ3) is 5.35. The van der Waals surface area contributed by atoms with E-state index in [1.807, 2.05) is 0 Å². The predicted octanol–water partition coefficient (Wildman–Crippen LogP) is 4.20. The van der Waals surface area contributed by atoms with Gasteiger partial charge in [-0.15, -0.1) is 0 Å². The van der Waals surface area contributed by atoms with Crippen LogP contribution in [-0.2, 0) is 9.47 Å². The van der Waals surface area contributed by atoms with Crippen LogP contribution in [0.25, 0.3) is 0 Å². The standard InChI is InChI=1S/C15H14Cl2N2O5.C2H6O/c1-7-13(19(21)22)11(9-5-4-6-10(16)12(9)17)14(8(2)18-7)24-15(20)23-3;1-2-3/h4-6,11,18H,1-3H3;3H,2H2,1H3. The van der Waals surface area contributed by atoms with Crippen molar-refractivity contribution >= 4 is 29.4 Å². The number of hydrogen-bond acceptors (Lipinski definition) is 7. The first-order valence-electron chi connectivity index (χ1n) is 7.82. The Hall–Kier alpha value is -2.29. The molecule has 2 N–H and O–H groups in total. The maximum absolute atomic E-state index is 11.6. The van der Waals surface area contributed by atoms with Crippen molar-refractivity contribution in [1.29, 1.82) is 0 Å². The lowest BCUT2D eigenvalue weighted by molar-refractivity contribution is -0.431. The van der Waals surface area contributed by atoms with Gasteiger partial charge in [0.25, 0.3) is 5.70 Å². The summed E-state index contributed by atoms with van der Waals surface area (Å²) >= 11 is 12.3. The highest BCUT2D eigenvalue weighted by atomic mass is 35.5. The molecule has 1 heterocycles. The van der Waals surface area contributed by atoms with Gasteiger partial charge in [-0.05, 0) is 32.4 Å². The Balaban J connectivity index is 0.00000114. The Bertz CT molecular complexity index is 792. The van der Waals surface area contributed by atoms with Crippen LogP contribution in [0.2, 0.25) is 10.0 Å². The van der Waals surface area contributed by atoms with Gasteiger partial charge < -0.3 is 19.9 Å². The first-order chi connectivity index (χ1) is 12.7. The van der Waals surface area contributed by atoms with Gasteiger partial charge >= 0.3 is 6.16 Å². The van der Waals surface area contributed by atoms with E-state index in [0.29, 0.717) is 17.0 Å². The van der Waals surface area contributed by atoms with Crippen LogP contribution in [0.5, 0.6) is 0 Å². The number of hydrogen-bond donors (Lipinski definition) is 2. The molecule has 1 aromatic rings. The molecule has 0 spiro atoms. The van der Waals surface area contributed by atoms with E-state index in [1.165, 1.54) is 0 Å². The molecule has 1 atom stereocenters. The van der Waals surface area contributed by atoms with Gasteiger partial charge in [0, 0.05) is 6.61 Å². The highest BCUT2D eigenvalue weighted by Gasteiger charge is 2.41. The van der Waals surface area contributed by atoms with Crippen LogP contribution < -0.4 is 5.32 Å². The largest absolute Gasteiger partial charge is 0.513 e. The smallest absolute Gasteiger partial charge is 0.437 e. The number of ether oxygens (including phenoxy) is 2. The van der Waals surface area contributed by atoms with Crippen molar-refractivity contribution < 1.29 is 24.3 Å². The van der Waals surface area contributed by atoms with Crippen molar-refractivity contribution in [1.82, 2.24) is 5.32 Å². The summed E-state index contributed by atoms with van der Waals surface area (Å²) in [4.78, 5) is 22.6. The molecule has 1 aliphatic rings. The molecule has 1 aromatic carbocycles. The van der Waals surface area contributed by atoms with Crippen LogP contribution in [0.3, 0.4) is 0 Å². The van der Waals surface area contributed by atoms with Crippen molar-refractivity contribution in [3.05, 3.63) is 66.8 Å². The van der Waals surface area contributed by atoms with Crippen LogP contribution in [0.1, 0.15) is 32.3 Å². The number of benzene rings is 1. The minimum atomic E-state index is -1.01. The topological polar surface area (TPSA) is 111 Å². The van der Waals surface area contributed by atoms with Crippen LogP contribution >= 0.6 is 23.2 Å². The van der Waals surface area contributed by atoms with Crippen LogP contribution in [0.4, 0.5) is 4.79 Å². The fourth-order valence-corrected chi connectivity index (χ4v) is 2.92. The number of aliphatic hydroxyl groups is 1. The molecule has 2 rings (SSSR count). The Kier molecular flexibility index (Phi) is 8.55. The summed E-state index contributed by atoms with van der Waals surface area (Å²) in [6.07, 6.45) is -0.989. The van der Waals surface area contributed by atoms with E-state index in [1.54, 1.807) is 39.0 Å². The third-order valence-electron chi connectivity index (χ3n) is 3.51. The normalized spacial score (nSPS) is 16.2. The molecule has 8 nitrogen and oxygen atoms in total. The zero-order chi connectivity index (χ0) is 20.7. The lowest BCUT2D eigenvalue weighted by Crippen LogP contribution is -2.30. The zero-order valence-electron chi connectivity index (χ0n) is 15.2. The van der Waals surface area contributed by atoms with Gasteiger partial charge in [0.15, 0.2) is 0 Å². The Morgan fingerprint density at radius 1 is 1.33 bits per heavy atom. The second-order valence-electron chi connectivity index (χ2n) is 5.33. The number of allylic oxidation sites excluding steroid dienone is 2. The highest BCUT2D eigenvalue weighted by molar-refractivity contribution is 6.42. The van der Waals surface area contributed by atoms with Gasteiger partial charge in [-0.2, -0.15) is 0 Å². The molecular weight excluding hydrogens is 399 g/mol. The second kappa shape index (κ2) is 10.1. The van der Waals surface area contributed by atoms with Gasteiger partial charge in [-0.3, -0.25) is 10.1 Å². The quantitative estimate of drug-likeness (QED) is 0.429. The number of carbonyl (C=O) groups excluding carboxylic acids is 1. The van der Waals surface area contributed by atoms with E-state index in [4.69, 9.17) is 33.0 Å². The van der Waals surface area contributed by atoms with Crippen LogP contribution in [0.15, 0.2) is 41.0 Å². The molecular formula is C17H20Cl2N2O6. The predicted molar refractivity (Wildman–Crippen MR) is 101 cm³/mol. The van der Waals surface area contributed by atoms with Gasteiger partial charge in [0.1, 0.15) is 11.7 Å². The SMILES string of the molecule is CCO.COC(=O)OC1=C(C)NC(C)=C([N+](=O)[O-])C1c1cccc(Cl)c1Cl. The summed E-state index contributed by atoms with van der Waals surface area (Å²) in [7, 11) is 1.14. The molecule has 0 radical (unpaired) electrons. The molecule has 0 aliphatic carbocycles. The van der Waals surface area contributed by atoms with Gasteiger partial charge in [-0.25, -0.2) is 4.79 Å². The minimum absolute atomic E-state index is 0.0308. The molecule has 148 valence electrons. The van der Waals surface area contributed by atoms with Crippen molar-refractivity contribution in [2.45, 2.75) is 26.7 Å². The summed E-state index contributed by atoms with van der Waals surface area (Å²) in [5.41, 5.74) is 0.916. The molecule has 0 amide bonds. The minimum Gasteiger partial charge on any atom is -0.437 e. The number of carbonyl (C=O) groups is 1. The molecule has 0 fully saturated rings. The van der Waals surface area contributed by atoms with Crippen molar-refractivity contribution in [3.63, 3.8) is 0 Å². The molecule has 0 saturated heterocycles. The average molecular weight is 419 g/mol. The monoisotopic (exact) mass is 418 g/mol. The molecule has 10 heteroatoms. The molecule has 1 unspecified atom stereocenters. The number of aliphatic hydroxyl groups excluding tert-OH is 1. The summed E-state index contributed by atoms with van der Waals surface area (Å²) < 4.78 is 9.65. The van der Waals surface area contributed by atoms with Crippen molar-refractivity contribution in [2.24, 2.45) is 0 Å². The molecule has 0 saturated carbocycles. The number of nitrogens with zero attached hydrogens (tertiary/aromatic N) is 1. The van der Waals surface area contributed by atoms with E-state index in [9.17, 15) is 14.9 Å². The lowest BCUT2D eigenvalue weighted by Gasteiger charge is -2.27. The highest BCUT2D eigenvalue weighted by Crippen LogP contribution is 2.43. The maximum Gasteiger partial charge on any atom is 0.513 e. The number of halogens is 2. The van der Waals surface area contributed by atoms with E-state index >= 15 is 0 Å². The zero-order valence-corrected chi connectivity index (χ0v) is 16.7.